The minimum atomic E-state index is -0.106. The second kappa shape index (κ2) is 12.7. The SMILES string of the molecule is CCc1ccccc1-c1ccc(N(c2ccc3c(c2)C(C)(C)c2ccccc2-3)c2ccc(-c3ccccc3)c3c2ccc2ccccc23)cc1CC. The Labute approximate surface area is 307 Å². The number of aryl methyl sites for hydroxylation is 2. The van der Waals surface area contributed by atoms with Gasteiger partial charge in [0.25, 0.3) is 0 Å². The van der Waals surface area contributed by atoms with Crippen LogP contribution >= 0.6 is 0 Å². The second-order valence-electron chi connectivity index (χ2n) is 14.6. The van der Waals surface area contributed by atoms with Gasteiger partial charge in [-0.3, -0.25) is 0 Å². The van der Waals surface area contributed by atoms with Crippen molar-refractivity contribution in [2.45, 2.75) is 46.0 Å². The lowest BCUT2D eigenvalue weighted by atomic mass is 9.82. The molecule has 9 rings (SSSR count). The van der Waals surface area contributed by atoms with Crippen molar-refractivity contribution >= 4 is 38.6 Å². The largest absolute Gasteiger partial charge is 0.310 e. The van der Waals surface area contributed by atoms with Crippen LogP contribution in [0.15, 0.2) is 164 Å². The first-order valence-electron chi connectivity index (χ1n) is 18.7. The molecule has 52 heavy (non-hydrogen) atoms. The summed E-state index contributed by atoms with van der Waals surface area (Å²) in [5.41, 5.74) is 16.7. The van der Waals surface area contributed by atoms with E-state index in [9.17, 15) is 0 Å². The van der Waals surface area contributed by atoms with Crippen LogP contribution in [0.4, 0.5) is 17.1 Å². The molecule has 0 N–H and O–H groups in total. The van der Waals surface area contributed by atoms with Gasteiger partial charge in [0.2, 0.25) is 0 Å². The maximum Gasteiger partial charge on any atom is 0.0540 e. The van der Waals surface area contributed by atoms with Gasteiger partial charge in [-0.2, -0.15) is 0 Å². The van der Waals surface area contributed by atoms with Gasteiger partial charge >= 0.3 is 0 Å². The summed E-state index contributed by atoms with van der Waals surface area (Å²) >= 11 is 0. The summed E-state index contributed by atoms with van der Waals surface area (Å²) in [5, 5.41) is 5.04. The molecule has 0 saturated heterocycles. The van der Waals surface area contributed by atoms with Gasteiger partial charge in [0.15, 0.2) is 0 Å². The van der Waals surface area contributed by atoms with Gasteiger partial charge < -0.3 is 4.90 Å². The van der Waals surface area contributed by atoms with Crippen LogP contribution in [0, 0.1) is 0 Å². The fourth-order valence-corrected chi connectivity index (χ4v) is 8.79. The van der Waals surface area contributed by atoms with Crippen molar-refractivity contribution in [2.75, 3.05) is 4.90 Å². The van der Waals surface area contributed by atoms with Gasteiger partial charge in [-0.05, 0) is 115 Å². The van der Waals surface area contributed by atoms with Crippen molar-refractivity contribution in [1.29, 1.82) is 0 Å². The summed E-state index contributed by atoms with van der Waals surface area (Å²) in [6, 6.07) is 61.1. The van der Waals surface area contributed by atoms with Gasteiger partial charge in [-0.1, -0.05) is 161 Å². The molecule has 0 spiro atoms. The average molecular weight is 670 g/mol. The maximum absolute atomic E-state index is 2.51. The fraction of sp³-hybridized carbons (Fsp3) is 0.137. The molecule has 1 aliphatic carbocycles. The molecule has 0 unspecified atom stereocenters. The predicted molar refractivity (Wildman–Crippen MR) is 223 cm³/mol. The molecule has 0 bridgehead atoms. The van der Waals surface area contributed by atoms with E-state index < -0.39 is 0 Å². The van der Waals surface area contributed by atoms with Gasteiger partial charge in [0.05, 0.1) is 5.69 Å². The van der Waals surface area contributed by atoms with Crippen LogP contribution in [0.1, 0.15) is 49.9 Å². The summed E-state index contributed by atoms with van der Waals surface area (Å²) in [5.74, 6) is 0. The molecule has 8 aromatic rings. The first kappa shape index (κ1) is 32.0. The van der Waals surface area contributed by atoms with Gasteiger partial charge in [0, 0.05) is 22.2 Å². The predicted octanol–water partition coefficient (Wildman–Crippen LogP) is 14.2. The van der Waals surface area contributed by atoms with Crippen LogP contribution in [0.5, 0.6) is 0 Å². The Balaban J connectivity index is 1.32. The lowest BCUT2D eigenvalue weighted by molar-refractivity contribution is 0.660. The Morgan fingerprint density at radius 1 is 0.442 bits per heavy atom. The van der Waals surface area contributed by atoms with Crippen molar-refractivity contribution in [2.24, 2.45) is 0 Å². The molecular formula is C51H43N. The Hall–Kier alpha value is -5.92. The first-order valence-corrected chi connectivity index (χ1v) is 18.7. The topological polar surface area (TPSA) is 3.24 Å². The van der Waals surface area contributed by atoms with Crippen LogP contribution in [-0.4, -0.2) is 0 Å². The van der Waals surface area contributed by atoms with Gasteiger partial charge in [-0.15, -0.1) is 0 Å². The highest BCUT2D eigenvalue weighted by atomic mass is 15.1. The van der Waals surface area contributed by atoms with Crippen molar-refractivity contribution in [1.82, 2.24) is 0 Å². The molecule has 0 atom stereocenters. The van der Waals surface area contributed by atoms with E-state index in [-0.39, 0.29) is 5.41 Å². The highest BCUT2D eigenvalue weighted by Crippen LogP contribution is 2.52. The zero-order valence-corrected chi connectivity index (χ0v) is 30.4. The molecule has 0 amide bonds. The Morgan fingerprint density at radius 3 is 1.87 bits per heavy atom. The lowest BCUT2D eigenvalue weighted by Crippen LogP contribution is -2.17. The number of hydrogen-bond donors (Lipinski definition) is 0. The number of anilines is 3. The number of rotatable bonds is 7. The van der Waals surface area contributed by atoms with Crippen molar-refractivity contribution in [3.05, 3.63) is 186 Å². The molecule has 0 aromatic heterocycles. The molecule has 1 aliphatic rings. The first-order chi connectivity index (χ1) is 25.5. The molecule has 8 aromatic carbocycles. The zero-order chi connectivity index (χ0) is 35.4. The summed E-state index contributed by atoms with van der Waals surface area (Å²) < 4.78 is 0. The third-order valence-electron chi connectivity index (χ3n) is 11.4. The lowest BCUT2D eigenvalue weighted by Gasteiger charge is -2.30. The van der Waals surface area contributed by atoms with Crippen LogP contribution < -0.4 is 4.90 Å². The van der Waals surface area contributed by atoms with E-state index in [1.165, 1.54) is 94.2 Å². The van der Waals surface area contributed by atoms with E-state index in [4.69, 9.17) is 0 Å². The minimum Gasteiger partial charge on any atom is -0.310 e. The highest BCUT2D eigenvalue weighted by molar-refractivity contribution is 6.18. The highest BCUT2D eigenvalue weighted by Gasteiger charge is 2.36. The Bertz CT molecular complexity index is 2630. The molecule has 1 nitrogen and oxygen atoms in total. The standard InChI is InChI=1S/C51H43N/c1-5-34-16-10-12-20-40(34)41-28-25-38(32-35(41)6-2)52(39-26-29-45-44-22-14-15-23-47(44)51(3,4)48(45)33-39)49-31-30-43(36-17-8-7-9-18-36)50-42-21-13-11-19-37(42)24-27-46(49)50/h7-33H,5-6H2,1-4H3. The molecule has 0 aliphatic heterocycles. The summed E-state index contributed by atoms with van der Waals surface area (Å²) in [4.78, 5) is 2.51. The van der Waals surface area contributed by atoms with Crippen molar-refractivity contribution in [3.63, 3.8) is 0 Å². The molecular weight excluding hydrogens is 627 g/mol. The van der Waals surface area contributed by atoms with Crippen LogP contribution in [0.25, 0.3) is 54.9 Å². The Kier molecular flexibility index (Phi) is 7.81. The maximum atomic E-state index is 2.51. The van der Waals surface area contributed by atoms with E-state index >= 15 is 0 Å². The number of fused-ring (bicyclic) bond motifs is 6. The van der Waals surface area contributed by atoms with E-state index in [0.29, 0.717) is 0 Å². The number of nitrogens with zero attached hydrogens (tertiary/aromatic N) is 1. The van der Waals surface area contributed by atoms with Gasteiger partial charge in [0.1, 0.15) is 0 Å². The van der Waals surface area contributed by atoms with Crippen molar-refractivity contribution in [3.8, 4) is 33.4 Å². The third-order valence-corrected chi connectivity index (χ3v) is 11.4. The number of hydrogen-bond acceptors (Lipinski definition) is 1. The van der Waals surface area contributed by atoms with Crippen molar-refractivity contribution < 1.29 is 0 Å². The summed E-state index contributed by atoms with van der Waals surface area (Å²) in [7, 11) is 0. The molecule has 0 fully saturated rings. The molecule has 252 valence electrons. The summed E-state index contributed by atoms with van der Waals surface area (Å²) in [6.45, 7) is 9.28. The smallest absolute Gasteiger partial charge is 0.0540 e. The average Bonchev–Trinajstić information content (AvgIpc) is 3.43. The molecule has 1 heteroatoms. The van der Waals surface area contributed by atoms with Crippen LogP contribution in [0.2, 0.25) is 0 Å². The molecule has 0 heterocycles. The van der Waals surface area contributed by atoms with Gasteiger partial charge in [-0.25, -0.2) is 0 Å². The number of benzene rings is 8. The van der Waals surface area contributed by atoms with E-state index in [1.54, 1.807) is 0 Å². The fourth-order valence-electron chi connectivity index (χ4n) is 8.79. The summed E-state index contributed by atoms with van der Waals surface area (Å²) in [6.07, 6.45) is 1.95. The third kappa shape index (κ3) is 5.07. The van der Waals surface area contributed by atoms with E-state index in [1.807, 2.05) is 0 Å². The van der Waals surface area contributed by atoms with E-state index in [0.717, 1.165) is 12.8 Å². The molecule has 0 radical (unpaired) electrons. The van der Waals surface area contributed by atoms with Crippen LogP contribution in [0.3, 0.4) is 0 Å². The monoisotopic (exact) mass is 669 g/mol. The van der Waals surface area contributed by atoms with E-state index in [2.05, 4.69) is 196 Å². The Morgan fingerprint density at radius 2 is 1.06 bits per heavy atom. The zero-order valence-electron chi connectivity index (χ0n) is 30.4. The quantitative estimate of drug-likeness (QED) is 0.153. The minimum absolute atomic E-state index is 0.106. The van der Waals surface area contributed by atoms with Crippen LogP contribution in [-0.2, 0) is 18.3 Å². The normalized spacial score (nSPS) is 12.9. The second-order valence-corrected chi connectivity index (χ2v) is 14.6. The molecule has 0 saturated carbocycles.